The molecule has 6 heteroatoms. The van der Waals surface area contributed by atoms with Crippen LogP contribution in [0.15, 0.2) is 22.7 Å². The van der Waals surface area contributed by atoms with Crippen molar-refractivity contribution in [3.63, 3.8) is 0 Å². The highest BCUT2D eigenvalue weighted by Gasteiger charge is 2.28. The third kappa shape index (κ3) is 3.50. The number of carbonyl (C=O) groups is 2. The third-order valence-electron chi connectivity index (χ3n) is 3.59. The smallest absolute Gasteiger partial charge is 0.306 e. The Balaban J connectivity index is 2.04. The van der Waals surface area contributed by atoms with E-state index in [4.69, 9.17) is 10.8 Å². The number of benzene rings is 1. The summed E-state index contributed by atoms with van der Waals surface area (Å²) in [6, 6.07) is 4.95. The first-order valence-electron chi connectivity index (χ1n) is 6.56. The molecule has 5 nitrogen and oxygen atoms in total. The van der Waals surface area contributed by atoms with Gasteiger partial charge >= 0.3 is 5.97 Å². The van der Waals surface area contributed by atoms with Crippen LogP contribution in [0.5, 0.6) is 0 Å². The lowest BCUT2D eigenvalue weighted by molar-refractivity contribution is -0.143. The number of carbonyl (C=O) groups excluding carboxylic acids is 1. The predicted molar refractivity (Wildman–Crippen MR) is 79.4 cm³/mol. The van der Waals surface area contributed by atoms with Gasteiger partial charge in [0.1, 0.15) is 0 Å². The van der Waals surface area contributed by atoms with Gasteiger partial charge in [0.05, 0.1) is 11.5 Å². The minimum absolute atomic E-state index is 0.0920. The molecule has 0 heterocycles. The molecule has 0 spiro atoms. The summed E-state index contributed by atoms with van der Waals surface area (Å²) in [5.74, 6) is -1.37. The summed E-state index contributed by atoms with van der Waals surface area (Å²) < 4.78 is 0.676. The number of nitrogen functional groups attached to an aromatic ring is 1. The first kappa shape index (κ1) is 14.8. The van der Waals surface area contributed by atoms with E-state index in [0.717, 1.165) is 12.8 Å². The fraction of sp³-hybridized carbons (Fsp3) is 0.429. The van der Waals surface area contributed by atoms with Crippen molar-refractivity contribution in [1.82, 2.24) is 5.32 Å². The zero-order valence-corrected chi connectivity index (χ0v) is 12.5. The maximum Gasteiger partial charge on any atom is 0.306 e. The Hall–Kier alpha value is -1.56. The number of aliphatic carboxylic acids is 1. The highest BCUT2D eigenvalue weighted by Crippen LogP contribution is 2.25. The second-order valence-electron chi connectivity index (χ2n) is 5.11. The van der Waals surface area contributed by atoms with E-state index in [-0.39, 0.29) is 17.9 Å². The monoisotopic (exact) mass is 340 g/mol. The number of halogens is 1. The van der Waals surface area contributed by atoms with Crippen molar-refractivity contribution in [3.05, 3.63) is 28.2 Å². The highest BCUT2D eigenvalue weighted by atomic mass is 79.9. The molecule has 2 unspecified atom stereocenters. The maximum atomic E-state index is 12.2. The Bertz CT molecular complexity index is 533. The van der Waals surface area contributed by atoms with Gasteiger partial charge in [-0.05, 0) is 53.4 Å². The van der Waals surface area contributed by atoms with Gasteiger partial charge in [0.25, 0.3) is 5.91 Å². The Morgan fingerprint density at radius 3 is 2.80 bits per heavy atom. The fourth-order valence-corrected chi connectivity index (χ4v) is 2.95. The maximum absolute atomic E-state index is 12.2. The minimum Gasteiger partial charge on any atom is -0.481 e. The van der Waals surface area contributed by atoms with E-state index in [0.29, 0.717) is 28.6 Å². The topological polar surface area (TPSA) is 92.4 Å². The van der Waals surface area contributed by atoms with Gasteiger partial charge < -0.3 is 16.2 Å². The predicted octanol–water partition coefficient (Wildman–Crippen LogP) is 2.40. The van der Waals surface area contributed by atoms with Gasteiger partial charge in [0.2, 0.25) is 0 Å². The molecule has 2 rings (SSSR count). The highest BCUT2D eigenvalue weighted by molar-refractivity contribution is 9.10. The van der Waals surface area contributed by atoms with Crippen molar-refractivity contribution in [1.29, 1.82) is 0 Å². The molecule has 0 radical (unpaired) electrons. The summed E-state index contributed by atoms with van der Waals surface area (Å²) in [5.41, 5.74) is 6.68. The van der Waals surface area contributed by atoms with Gasteiger partial charge in [-0.3, -0.25) is 9.59 Å². The average Bonchev–Trinajstić information content (AvgIpc) is 2.41. The summed E-state index contributed by atoms with van der Waals surface area (Å²) in [7, 11) is 0. The molecule has 1 aromatic carbocycles. The number of carboxylic acids is 1. The van der Waals surface area contributed by atoms with Crippen LogP contribution in [0.4, 0.5) is 5.69 Å². The summed E-state index contributed by atoms with van der Waals surface area (Å²) in [5, 5.41) is 12.0. The molecular weight excluding hydrogens is 324 g/mol. The van der Waals surface area contributed by atoms with Gasteiger partial charge in [-0.25, -0.2) is 0 Å². The lowest BCUT2D eigenvalue weighted by Crippen LogP contribution is -2.40. The second-order valence-corrected chi connectivity index (χ2v) is 5.97. The quantitative estimate of drug-likeness (QED) is 0.736. The number of hydrogen-bond donors (Lipinski definition) is 3. The second kappa shape index (κ2) is 6.26. The number of nitrogens with two attached hydrogens (primary N) is 1. The number of anilines is 1. The molecule has 0 aliphatic heterocycles. The van der Waals surface area contributed by atoms with E-state index >= 15 is 0 Å². The zero-order chi connectivity index (χ0) is 14.7. The first-order chi connectivity index (χ1) is 9.47. The first-order valence-corrected chi connectivity index (χ1v) is 7.35. The summed E-state index contributed by atoms with van der Waals surface area (Å²) in [4.78, 5) is 23.2. The van der Waals surface area contributed by atoms with Gasteiger partial charge in [-0.15, -0.1) is 0 Å². The van der Waals surface area contributed by atoms with E-state index in [1.807, 2.05) is 0 Å². The van der Waals surface area contributed by atoms with Crippen LogP contribution in [-0.2, 0) is 4.79 Å². The fourth-order valence-electron chi connectivity index (χ4n) is 2.53. The number of carboxylic acid groups (broad SMARTS) is 1. The Labute approximate surface area is 125 Å². The molecule has 0 saturated heterocycles. The van der Waals surface area contributed by atoms with E-state index in [9.17, 15) is 9.59 Å². The SMILES string of the molecule is Nc1ccc(Br)c(C(=O)NC2CCCC(C(=O)O)C2)c1. The molecule has 1 saturated carbocycles. The molecule has 1 amide bonds. The Morgan fingerprint density at radius 2 is 2.10 bits per heavy atom. The van der Waals surface area contributed by atoms with Crippen LogP contribution in [-0.4, -0.2) is 23.0 Å². The Morgan fingerprint density at radius 1 is 1.35 bits per heavy atom. The van der Waals surface area contributed by atoms with Gasteiger partial charge in [0.15, 0.2) is 0 Å². The molecule has 1 aromatic rings. The van der Waals surface area contributed by atoms with Crippen LogP contribution in [0.2, 0.25) is 0 Å². The number of hydrogen-bond acceptors (Lipinski definition) is 3. The number of amides is 1. The molecule has 1 aliphatic carbocycles. The van der Waals surface area contributed by atoms with Crippen molar-refractivity contribution in [2.24, 2.45) is 5.92 Å². The van der Waals surface area contributed by atoms with Crippen LogP contribution >= 0.6 is 15.9 Å². The molecule has 108 valence electrons. The summed E-state index contributed by atoms with van der Waals surface area (Å²) in [6.45, 7) is 0. The lowest BCUT2D eigenvalue weighted by atomic mass is 9.85. The normalized spacial score (nSPS) is 22.2. The minimum atomic E-state index is -0.783. The van der Waals surface area contributed by atoms with Crippen LogP contribution in [0, 0.1) is 5.92 Å². The van der Waals surface area contributed by atoms with Gasteiger partial charge in [-0.1, -0.05) is 6.42 Å². The van der Waals surface area contributed by atoms with Crippen molar-refractivity contribution in [3.8, 4) is 0 Å². The summed E-state index contributed by atoms with van der Waals surface area (Å²) >= 11 is 3.32. The average molecular weight is 341 g/mol. The van der Waals surface area contributed by atoms with Crippen molar-refractivity contribution < 1.29 is 14.7 Å². The van der Waals surface area contributed by atoms with E-state index in [1.54, 1.807) is 18.2 Å². The largest absolute Gasteiger partial charge is 0.481 e. The molecule has 2 atom stereocenters. The zero-order valence-electron chi connectivity index (χ0n) is 10.9. The number of nitrogens with one attached hydrogen (secondary N) is 1. The molecule has 1 fully saturated rings. The van der Waals surface area contributed by atoms with Crippen molar-refractivity contribution in [2.45, 2.75) is 31.7 Å². The Kier molecular flexibility index (Phi) is 4.65. The van der Waals surface area contributed by atoms with E-state index < -0.39 is 5.97 Å². The van der Waals surface area contributed by atoms with Gasteiger partial charge in [0, 0.05) is 16.2 Å². The molecule has 1 aliphatic rings. The lowest BCUT2D eigenvalue weighted by Gasteiger charge is -2.27. The summed E-state index contributed by atoms with van der Waals surface area (Å²) in [6.07, 6.45) is 2.81. The van der Waals surface area contributed by atoms with E-state index in [2.05, 4.69) is 21.2 Å². The van der Waals surface area contributed by atoms with Crippen LogP contribution in [0.3, 0.4) is 0 Å². The van der Waals surface area contributed by atoms with Crippen LogP contribution < -0.4 is 11.1 Å². The third-order valence-corrected chi connectivity index (χ3v) is 4.29. The molecular formula is C14H17BrN2O3. The molecule has 20 heavy (non-hydrogen) atoms. The molecule has 0 aromatic heterocycles. The van der Waals surface area contributed by atoms with Crippen molar-refractivity contribution in [2.75, 3.05) is 5.73 Å². The molecule has 4 N–H and O–H groups in total. The number of rotatable bonds is 3. The van der Waals surface area contributed by atoms with E-state index in [1.165, 1.54) is 0 Å². The molecule has 0 bridgehead atoms. The van der Waals surface area contributed by atoms with Crippen LogP contribution in [0.1, 0.15) is 36.0 Å². The van der Waals surface area contributed by atoms with Crippen LogP contribution in [0.25, 0.3) is 0 Å². The standard InChI is InChI=1S/C14H17BrN2O3/c15-12-5-4-9(16)7-11(12)13(18)17-10-3-1-2-8(6-10)14(19)20/h4-5,7-8,10H,1-3,6,16H2,(H,17,18)(H,19,20). The van der Waals surface area contributed by atoms with Crippen molar-refractivity contribution >= 4 is 33.5 Å². The van der Waals surface area contributed by atoms with Gasteiger partial charge in [-0.2, -0.15) is 0 Å².